The fraction of sp³-hybridized carbons (Fsp3) is 0.400. The van der Waals surface area contributed by atoms with Crippen LogP contribution in [-0.4, -0.2) is 18.3 Å². The minimum Gasteiger partial charge on any atom is -0.508 e. The van der Waals surface area contributed by atoms with Gasteiger partial charge in [-0.25, -0.2) is 0 Å². The van der Waals surface area contributed by atoms with E-state index < -0.39 is 0 Å². The highest BCUT2D eigenvalue weighted by Crippen LogP contribution is 2.31. The van der Waals surface area contributed by atoms with Gasteiger partial charge in [-0.05, 0) is 24.6 Å². The SMILES string of the molecule is Oc1ccc(Br)c(C2OCCCO2)c1. The first-order chi connectivity index (χ1) is 6.77. The highest BCUT2D eigenvalue weighted by atomic mass is 79.9. The van der Waals surface area contributed by atoms with Crippen molar-refractivity contribution in [1.29, 1.82) is 0 Å². The first kappa shape index (κ1) is 9.96. The first-order valence-electron chi connectivity index (χ1n) is 4.49. The van der Waals surface area contributed by atoms with Crippen LogP contribution < -0.4 is 0 Å². The lowest BCUT2D eigenvalue weighted by Gasteiger charge is -2.24. The van der Waals surface area contributed by atoms with Gasteiger partial charge in [-0.15, -0.1) is 0 Å². The van der Waals surface area contributed by atoms with Gasteiger partial charge in [-0.3, -0.25) is 0 Å². The summed E-state index contributed by atoms with van der Waals surface area (Å²) in [7, 11) is 0. The summed E-state index contributed by atoms with van der Waals surface area (Å²) < 4.78 is 11.8. The molecule has 1 aromatic rings. The number of phenols is 1. The normalized spacial score (nSPS) is 18.4. The van der Waals surface area contributed by atoms with Gasteiger partial charge in [0.05, 0.1) is 13.2 Å². The molecule has 1 heterocycles. The molecule has 2 rings (SSSR count). The zero-order valence-corrected chi connectivity index (χ0v) is 9.16. The van der Waals surface area contributed by atoms with Gasteiger partial charge in [-0.2, -0.15) is 0 Å². The third kappa shape index (κ3) is 2.08. The largest absolute Gasteiger partial charge is 0.508 e. The Morgan fingerprint density at radius 1 is 1.29 bits per heavy atom. The molecule has 1 aliphatic heterocycles. The predicted octanol–water partition coefficient (Wildman–Crippen LogP) is 2.59. The lowest BCUT2D eigenvalue weighted by Crippen LogP contribution is -2.17. The van der Waals surface area contributed by atoms with E-state index >= 15 is 0 Å². The average molecular weight is 259 g/mol. The van der Waals surface area contributed by atoms with E-state index in [9.17, 15) is 5.11 Å². The molecule has 0 amide bonds. The van der Waals surface area contributed by atoms with Crippen LogP contribution in [0.5, 0.6) is 5.75 Å². The smallest absolute Gasteiger partial charge is 0.185 e. The molecule has 0 unspecified atom stereocenters. The van der Waals surface area contributed by atoms with Crippen LogP contribution in [-0.2, 0) is 9.47 Å². The second kappa shape index (κ2) is 4.29. The molecule has 14 heavy (non-hydrogen) atoms. The third-order valence-corrected chi connectivity index (χ3v) is 2.78. The van der Waals surface area contributed by atoms with Gasteiger partial charge in [0.1, 0.15) is 5.75 Å². The molecule has 0 aliphatic carbocycles. The van der Waals surface area contributed by atoms with Gasteiger partial charge in [0.25, 0.3) is 0 Å². The van der Waals surface area contributed by atoms with Crippen molar-refractivity contribution in [2.75, 3.05) is 13.2 Å². The maximum atomic E-state index is 9.34. The van der Waals surface area contributed by atoms with Crippen molar-refractivity contribution in [2.24, 2.45) is 0 Å². The summed E-state index contributed by atoms with van der Waals surface area (Å²) in [6.45, 7) is 1.40. The molecular weight excluding hydrogens is 248 g/mol. The minimum atomic E-state index is -0.356. The van der Waals surface area contributed by atoms with E-state index in [1.54, 1.807) is 18.2 Å². The Balaban J connectivity index is 2.24. The van der Waals surface area contributed by atoms with Crippen LogP contribution in [0, 0.1) is 0 Å². The Morgan fingerprint density at radius 3 is 2.71 bits per heavy atom. The summed E-state index contributed by atoms with van der Waals surface area (Å²) >= 11 is 3.39. The van der Waals surface area contributed by atoms with Crippen LogP contribution in [0.1, 0.15) is 18.3 Å². The molecule has 4 heteroatoms. The standard InChI is InChI=1S/C10H11BrO3/c11-9-3-2-7(12)6-8(9)10-13-4-1-5-14-10/h2-3,6,10,12H,1,4-5H2. The lowest BCUT2D eigenvalue weighted by atomic mass is 10.2. The van der Waals surface area contributed by atoms with Crippen molar-refractivity contribution in [3.63, 3.8) is 0 Å². The molecule has 1 aliphatic rings. The highest BCUT2D eigenvalue weighted by molar-refractivity contribution is 9.10. The number of phenolic OH excluding ortho intramolecular Hbond substituents is 1. The number of halogens is 1. The summed E-state index contributed by atoms with van der Waals surface area (Å²) in [5.41, 5.74) is 0.838. The molecule has 0 bridgehead atoms. The summed E-state index contributed by atoms with van der Waals surface area (Å²) in [6.07, 6.45) is 0.567. The van der Waals surface area contributed by atoms with Gasteiger partial charge in [-0.1, -0.05) is 15.9 Å². The van der Waals surface area contributed by atoms with Crippen LogP contribution in [0.4, 0.5) is 0 Å². The minimum absolute atomic E-state index is 0.223. The molecule has 1 saturated heterocycles. The lowest BCUT2D eigenvalue weighted by molar-refractivity contribution is -0.183. The van der Waals surface area contributed by atoms with Crippen molar-refractivity contribution < 1.29 is 14.6 Å². The molecule has 76 valence electrons. The molecule has 3 nitrogen and oxygen atoms in total. The van der Waals surface area contributed by atoms with Gasteiger partial charge >= 0.3 is 0 Å². The van der Waals surface area contributed by atoms with Crippen LogP contribution in [0.25, 0.3) is 0 Å². The Kier molecular flexibility index (Phi) is 3.05. The first-order valence-corrected chi connectivity index (χ1v) is 5.28. The van der Waals surface area contributed by atoms with E-state index in [1.165, 1.54) is 0 Å². The summed E-state index contributed by atoms with van der Waals surface area (Å²) in [4.78, 5) is 0. The van der Waals surface area contributed by atoms with E-state index in [0.29, 0.717) is 13.2 Å². The van der Waals surface area contributed by atoms with Crippen LogP contribution in [0.3, 0.4) is 0 Å². The molecule has 1 fully saturated rings. The zero-order chi connectivity index (χ0) is 9.97. The van der Waals surface area contributed by atoms with Gasteiger partial charge in [0.15, 0.2) is 6.29 Å². The number of aromatic hydroxyl groups is 1. The predicted molar refractivity (Wildman–Crippen MR) is 55.1 cm³/mol. The maximum Gasteiger partial charge on any atom is 0.185 e. The number of ether oxygens (including phenoxy) is 2. The second-order valence-corrected chi connectivity index (χ2v) is 3.99. The third-order valence-electron chi connectivity index (χ3n) is 2.06. The van der Waals surface area contributed by atoms with Crippen LogP contribution in [0.15, 0.2) is 22.7 Å². The van der Waals surface area contributed by atoms with E-state index in [1.807, 2.05) is 0 Å². The topological polar surface area (TPSA) is 38.7 Å². The number of rotatable bonds is 1. The monoisotopic (exact) mass is 258 g/mol. The molecule has 1 aromatic carbocycles. The summed E-state index contributed by atoms with van der Waals surface area (Å²) in [5.74, 6) is 0.223. The Bertz CT molecular complexity index is 321. The Labute approximate surface area is 90.8 Å². The fourth-order valence-corrected chi connectivity index (χ4v) is 1.81. The van der Waals surface area contributed by atoms with Crippen LogP contribution in [0.2, 0.25) is 0 Å². The van der Waals surface area contributed by atoms with Crippen LogP contribution >= 0.6 is 15.9 Å². The molecule has 1 N–H and O–H groups in total. The zero-order valence-electron chi connectivity index (χ0n) is 7.57. The van der Waals surface area contributed by atoms with Crippen molar-refractivity contribution in [2.45, 2.75) is 12.7 Å². The average Bonchev–Trinajstić information content (AvgIpc) is 2.23. The molecule has 0 radical (unpaired) electrons. The van der Waals surface area contributed by atoms with Gasteiger partial charge in [0, 0.05) is 10.0 Å². The quantitative estimate of drug-likeness (QED) is 0.842. The van der Waals surface area contributed by atoms with Crippen molar-refractivity contribution in [3.8, 4) is 5.75 Å². The van der Waals surface area contributed by atoms with E-state index in [4.69, 9.17) is 9.47 Å². The summed E-state index contributed by atoms with van der Waals surface area (Å²) in [5, 5.41) is 9.34. The molecule has 0 saturated carbocycles. The molecule has 0 aromatic heterocycles. The van der Waals surface area contributed by atoms with Gasteiger partial charge < -0.3 is 14.6 Å². The van der Waals surface area contributed by atoms with Gasteiger partial charge in [0.2, 0.25) is 0 Å². The van der Waals surface area contributed by atoms with Crippen molar-refractivity contribution in [3.05, 3.63) is 28.2 Å². The van der Waals surface area contributed by atoms with E-state index in [-0.39, 0.29) is 12.0 Å². The van der Waals surface area contributed by atoms with E-state index in [2.05, 4.69) is 15.9 Å². The second-order valence-electron chi connectivity index (χ2n) is 3.13. The Hall–Kier alpha value is -0.580. The molecule has 0 spiro atoms. The fourth-order valence-electron chi connectivity index (χ4n) is 1.38. The molecule has 0 atom stereocenters. The number of benzene rings is 1. The van der Waals surface area contributed by atoms with Crippen molar-refractivity contribution >= 4 is 15.9 Å². The number of hydrogen-bond acceptors (Lipinski definition) is 3. The highest BCUT2D eigenvalue weighted by Gasteiger charge is 2.19. The number of hydrogen-bond donors (Lipinski definition) is 1. The Morgan fingerprint density at radius 2 is 2.00 bits per heavy atom. The van der Waals surface area contributed by atoms with E-state index in [0.717, 1.165) is 16.5 Å². The summed E-state index contributed by atoms with van der Waals surface area (Å²) in [6, 6.07) is 5.06. The molecular formula is C10H11BrO3. The van der Waals surface area contributed by atoms with Crippen molar-refractivity contribution in [1.82, 2.24) is 0 Å². The maximum absolute atomic E-state index is 9.34.